The first-order valence-electron chi connectivity index (χ1n) is 6.61. The van der Waals surface area contributed by atoms with Crippen molar-refractivity contribution in [1.82, 2.24) is 9.97 Å². The number of nitrogens with one attached hydrogen (secondary N) is 1. The van der Waals surface area contributed by atoms with E-state index in [1.54, 1.807) is 18.9 Å². The molecule has 6 heteroatoms. The molecule has 0 amide bonds. The fraction of sp³-hybridized carbons (Fsp3) is 0.692. The number of hydrogen-bond acceptors (Lipinski definition) is 6. The highest BCUT2D eigenvalue weighted by Gasteiger charge is 2.05. The number of rotatable bonds is 10. The number of ether oxygens (including phenoxy) is 2. The van der Waals surface area contributed by atoms with Crippen LogP contribution in [0.15, 0.2) is 11.1 Å². The van der Waals surface area contributed by atoms with Gasteiger partial charge in [0.05, 0.1) is 0 Å². The van der Waals surface area contributed by atoms with Gasteiger partial charge in [0.2, 0.25) is 0 Å². The van der Waals surface area contributed by atoms with Crippen LogP contribution >= 0.6 is 11.8 Å². The third-order valence-electron chi connectivity index (χ3n) is 2.28. The maximum Gasteiger partial charge on any atom is 0.157 e. The molecule has 0 atom stereocenters. The Hall–Kier alpha value is -0.850. The van der Waals surface area contributed by atoms with E-state index in [9.17, 15) is 0 Å². The minimum atomic E-state index is 0.460. The first kappa shape index (κ1) is 16.2. The summed E-state index contributed by atoms with van der Waals surface area (Å²) >= 11 is 1.72. The van der Waals surface area contributed by atoms with Gasteiger partial charge in [0.25, 0.3) is 0 Å². The third kappa shape index (κ3) is 6.75. The Morgan fingerprint density at radius 2 is 2.16 bits per heavy atom. The first-order valence-corrected chi connectivity index (χ1v) is 7.60. The summed E-state index contributed by atoms with van der Waals surface area (Å²) in [7, 11) is 1.72. The standard InChI is InChI=1S/C13H23N3O2S/c1-4-14-11-9-13(19-8-6-7-17-3)16-12(15-11)10-18-5-2/h9H,4-8,10H2,1-3H3,(H,14,15,16). The molecule has 0 aliphatic heterocycles. The smallest absolute Gasteiger partial charge is 0.157 e. The van der Waals surface area contributed by atoms with Crippen LogP contribution in [0.5, 0.6) is 0 Å². The summed E-state index contributed by atoms with van der Waals surface area (Å²) in [5.74, 6) is 2.58. The molecule has 0 saturated heterocycles. The van der Waals surface area contributed by atoms with Gasteiger partial charge in [-0.15, -0.1) is 11.8 Å². The molecular weight excluding hydrogens is 262 g/mol. The van der Waals surface area contributed by atoms with Crippen molar-refractivity contribution in [2.75, 3.05) is 37.9 Å². The predicted octanol–water partition coefficient (Wildman–Crippen LogP) is 2.57. The highest BCUT2D eigenvalue weighted by atomic mass is 32.2. The molecule has 5 nitrogen and oxygen atoms in total. The molecule has 0 aliphatic rings. The Morgan fingerprint density at radius 3 is 2.84 bits per heavy atom. The van der Waals surface area contributed by atoms with E-state index in [0.717, 1.165) is 42.0 Å². The molecule has 0 unspecified atom stereocenters. The van der Waals surface area contributed by atoms with Crippen LogP contribution in [0.25, 0.3) is 0 Å². The Kier molecular flexibility index (Phi) is 8.53. The van der Waals surface area contributed by atoms with Gasteiger partial charge >= 0.3 is 0 Å². The minimum absolute atomic E-state index is 0.460. The van der Waals surface area contributed by atoms with Crippen LogP contribution in [0.3, 0.4) is 0 Å². The van der Waals surface area contributed by atoms with E-state index < -0.39 is 0 Å². The molecule has 0 saturated carbocycles. The van der Waals surface area contributed by atoms with Crippen LogP contribution in [-0.2, 0) is 16.1 Å². The van der Waals surface area contributed by atoms with Crippen molar-refractivity contribution in [3.63, 3.8) is 0 Å². The fourth-order valence-electron chi connectivity index (χ4n) is 1.46. The zero-order valence-corrected chi connectivity index (χ0v) is 12.8. The zero-order chi connectivity index (χ0) is 13.9. The summed E-state index contributed by atoms with van der Waals surface area (Å²) in [6.45, 7) is 6.78. The number of nitrogens with zero attached hydrogens (tertiary/aromatic N) is 2. The molecule has 0 bridgehead atoms. The zero-order valence-electron chi connectivity index (χ0n) is 11.9. The van der Waals surface area contributed by atoms with E-state index >= 15 is 0 Å². The summed E-state index contributed by atoms with van der Waals surface area (Å²) in [4.78, 5) is 8.92. The van der Waals surface area contributed by atoms with Gasteiger partial charge in [-0.1, -0.05) is 0 Å². The second-order valence-corrected chi connectivity index (χ2v) is 4.99. The van der Waals surface area contributed by atoms with Crippen LogP contribution < -0.4 is 5.32 Å². The number of hydrogen-bond donors (Lipinski definition) is 1. The summed E-state index contributed by atoms with van der Waals surface area (Å²) in [6.07, 6.45) is 1.02. The number of anilines is 1. The summed E-state index contributed by atoms with van der Waals surface area (Å²) in [5, 5.41) is 4.20. The molecule has 0 spiro atoms. The Labute approximate surface area is 119 Å². The molecule has 19 heavy (non-hydrogen) atoms. The van der Waals surface area contributed by atoms with Crippen LogP contribution in [0, 0.1) is 0 Å². The SMILES string of the molecule is CCNc1cc(SCCCOC)nc(COCC)n1. The van der Waals surface area contributed by atoms with E-state index in [-0.39, 0.29) is 0 Å². The topological polar surface area (TPSA) is 56.3 Å². The summed E-state index contributed by atoms with van der Waals surface area (Å²) in [6, 6.07) is 1.98. The lowest BCUT2D eigenvalue weighted by Crippen LogP contribution is -2.06. The molecule has 0 aromatic carbocycles. The average Bonchev–Trinajstić information content (AvgIpc) is 2.42. The molecule has 1 rings (SSSR count). The van der Waals surface area contributed by atoms with Crippen LogP contribution in [0.4, 0.5) is 5.82 Å². The summed E-state index contributed by atoms with van der Waals surface area (Å²) < 4.78 is 10.4. The van der Waals surface area contributed by atoms with Gasteiger partial charge in [0.1, 0.15) is 17.5 Å². The lowest BCUT2D eigenvalue weighted by Gasteiger charge is -2.08. The van der Waals surface area contributed by atoms with Crippen molar-refractivity contribution in [2.24, 2.45) is 0 Å². The fourth-order valence-corrected chi connectivity index (χ4v) is 2.29. The molecule has 0 radical (unpaired) electrons. The molecular formula is C13H23N3O2S. The Morgan fingerprint density at radius 1 is 1.32 bits per heavy atom. The van der Waals surface area contributed by atoms with Gasteiger partial charge < -0.3 is 14.8 Å². The number of thioether (sulfide) groups is 1. The third-order valence-corrected chi connectivity index (χ3v) is 3.28. The molecule has 0 aliphatic carbocycles. The Bertz CT molecular complexity index is 364. The van der Waals surface area contributed by atoms with Crippen molar-refractivity contribution in [1.29, 1.82) is 0 Å². The van der Waals surface area contributed by atoms with E-state index in [0.29, 0.717) is 13.2 Å². The maximum atomic E-state index is 5.37. The maximum absolute atomic E-state index is 5.37. The van der Waals surface area contributed by atoms with Crippen molar-refractivity contribution in [3.05, 3.63) is 11.9 Å². The van der Waals surface area contributed by atoms with Gasteiger partial charge in [-0.25, -0.2) is 9.97 Å². The van der Waals surface area contributed by atoms with Crippen molar-refractivity contribution in [3.8, 4) is 0 Å². The average molecular weight is 285 g/mol. The van der Waals surface area contributed by atoms with Gasteiger partial charge in [-0.3, -0.25) is 0 Å². The highest BCUT2D eigenvalue weighted by Crippen LogP contribution is 2.19. The van der Waals surface area contributed by atoms with Crippen molar-refractivity contribution in [2.45, 2.75) is 31.9 Å². The number of aromatic nitrogens is 2. The van der Waals surface area contributed by atoms with Crippen LogP contribution in [0.2, 0.25) is 0 Å². The first-order chi connectivity index (χ1) is 9.30. The molecule has 1 aromatic heterocycles. The van der Waals surface area contributed by atoms with Crippen molar-refractivity contribution < 1.29 is 9.47 Å². The normalized spacial score (nSPS) is 10.7. The molecule has 1 heterocycles. The molecule has 1 aromatic rings. The monoisotopic (exact) mass is 285 g/mol. The van der Waals surface area contributed by atoms with Crippen molar-refractivity contribution >= 4 is 17.6 Å². The van der Waals surface area contributed by atoms with E-state index in [1.165, 1.54) is 0 Å². The van der Waals surface area contributed by atoms with Gasteiger partial charge in [0.15, 0.2) is 5.82 Å². The molecule has 1 N–H and O–H groups in total. The second kappa shape index (κ2) is 10.00. The predicted molar refractivity (Wildman–Crippen MR) is 78.7 cm³/mol. The van der Waals surface area contributed by atoms with E-state index in [1.807, 2.05) is 13.0 Å². The summed E-state index contributed by atoms with van der Waals surface area (Å²) in [5.41, 5.74) is 0. The largest absolute Gasteiger partial charge is 0.385 e. The lowest BCUT2D eigenvalue weighted by molar-refractivity contribution is 0.128. The van der Waals surface area contributed by atoms with Gasteiger partial charge in [0, 0.05) is 38.7 Å². The van der Waals surface area contributed by atoms with Gasteiger partial charge in [-0.2, -0.15) is 0 Å². The van der Waals surface area contributed by atoms with Gasteiger partial charge in [-0.05, 0) is 20.3 Å². The lowest BCUT2D eigenvalue weighted by atomic mass is 10.5. The van der Waals surface area contributed by atoms with E-state index in [4.69, 9.17) is 9.47 Å². The minimum Gasteiger partial charge on any atom is -0.385 e. The molecule has 0 fully saturated rings. The van der Waals surface area contributed by atoms with Crippen LogP contribution in [-0.4, -0.2) is 42.6 Å². The van der Waals surface area contributed by atoms with E-state index in [2.05, 4.69) is 22.2 Å². The second-order valence-electron chi connectivity index (χ2n) is 3.87. The molecule has 108 valence electrons. The number of methoxy groups -OCH3 is 1. The van der Waals surface area contributed by atoms with Crippen LogP contribution in [0.1, 0.15) is 26.1 Å². The highest BCUT2D eigenvalue weighted by molar-refractivity contribution is 7.99. The Balaban J connectivity index is 2.63. The quantitative estimate of drug-likeness (QED) is 0.405.